The molecule has 0 heterocycles. The number of rotatable bonds is 8. The van der Waals surface area contributed by atoms with Gasteiger partial charge in [0.15, 0.2) is 0 Å². The lowest BCUT2D eigenvalue weighted by molar-refractivity contribution is 0.339. The Morgan fingerprint density at radius 1 is 1.24 bits per heavy atom. The molecule has 1 aromatic carbocycles. The van der Waals surface area contributed by atoms with E-state index in [2.05, 4.69) is 29.8 Å². The molecule has 0 saturated heterocycles. The van der Waals surface area contributed by atoms with Crippen LogP contribution in [0.4, 0.5) is 0 Å². The average Bonchev–Trinajstić information content (AvgIpc) is 2.48. The Morgan fingerprint density at radius 3 is 2.29 bits per heavy atom. The highest BCUT2D eigenvalue weighted by atomic mass is 79.9. The molecule has 0 unspecified atom stereocenters. The third-order valence-corrected chi connectivity index (χ3v) is 6.29. The summed E-state index contributed by atoms with van der Waals surface area (Å²) in [6.07, 6.45) is 1.96. The van der Waals surface area contributed by atoms with Gasteiger partial charge in [-0.2, -0.15) is 4.31 Å². The molecular weight excluding hydrogens is 354 g/mol. The van der Waals surface area contributed by atoms with E-state index in [-0.39, 0.29) is 0 Å². The Kier molecular flexibility index (Phi) is 7.16. The monoisotopic (exact) mass is 377 g/mol. The van der Waals surface area contributed by atoms with Crippen molar-refractivity contribution in [3.05, 3.63) is 22.7 Å². The van der Waals surface area contributed by atoms with Crippen molar-refractivity contribution in [1.82, 2.24) is 4.31 Å². The zero-order valence-electron chi connectivity index (χ0n) is 13.1. The van der Waals surface area contributed by atoms with E-state index >= 15 is 0 Å². The van der Waals surface area contributed by atoms with Crippen LogP contribution in [0.25, 0.3) is 0 Å². The van der Waals surface area contributed by atoms with E-state index in [1.807, 2.05) is 6.92 Å². The fourth-order valence-corrected chi connectivity index (χ4v) is 4.43. The SMILES string of the molecule is CCC(CC)CN(CC)S(=O)(=O)c1ccc(OC)c(Br)c1. The molecule has 0 N–H and O–H groups in total. The molecule has 0 amide bonds. The minimum atomic E-state index is -3.47. The van der Waals surface area contributed by atoms with Crippen molar-refractivity contribution in [3.63, 3.8) is 0 Å². The second-order valence-corrected chi connectivity index (χ2v) is 7.73. The summed E-state index contributed by atoms with van der Waals surface area (Å²) in [6.45, 7) is 7.10. The summed E-state index contributed by atoms with van der Waals surface area (Å²) in [6, 6.07) is 4.86. The van der Waals surface area contributed by atoms with Crippen LogP contribution in [0.5, 0.6) is 5.75 Å². The molecule has 0 aromatic heterocycles. The molecule has 1 rings (SSSR count). The quantitative estimate of drug-likeness (QED) is 0.689. The highest BCUT2D eigenvalue weighted by Gasteiger charge is 2.25. The molecule has 0 bridgehead atoms. The van der Waals surface area contributed by atoms with Crippen LogP contribution in [0.15, 0.2) is 27.6 Å². The molecule has 1 aromatic rings. The predicted octanol–water partition coefficient (Wildman–Crippen LogP) is 3.90. The number of ether oxygens (including phenoxy) is 1. The first-order chi connectivity index (χ1) is 9.90. The summed E-state index contributed by atoms with van der Waals surface area (Å²) >= 11 is 3.34. The molecule has 0 spiro atoms. The van der Waals surface area contributed by atoms with E-state index < -0.39 is 10.0 Å². The van der Waals surface area contributed by atoms with Crippen molar-refractivity contribution in [1.29, 1.82) is 0 Å². The van der Waals surface area contributed by atoms with Gasteiger partial charge in [-0.1, -0.05) is 33.6 Å². The topological polar surface area (TPSA) is 46.6 Å². The van der Waals surface area contributed by atoms with Crippen LogP contribution in [0.1, 0.15) is 33.6 Å². The van der Waals surface area contributed by atoms with E-state index in [0.717, 1.165) is 12.8 Å². The highest BCUT2D eigenvalue weighted by molar-refractivity contribution is 9.10. The van der Waals surface area contributed by atoms with Gasteiger partial charge in [0.2, 0.25) is 10.0 Å². The minimum absolute atomic E-state index is 0.294. The highest BCUT2D eigenvalue weighted by Crippen LogP contribution is 2.29. The first-order valence-corrected chi connectivity index (χ1v) is 9.47. The van der Waals surface area contributed by atoms with Crippen LogP contribution in [0, 0.1) is 5.92 Å². The van der Waals surface area contributed by atoms with Crippen molar-refractivity contribution in [2.75, 3.05) is 20.2 Å². The Morgan fingerprint density at radius 2 is 1.86 bits per heavy atom. The number of methoxy groups -OCH3 is 1. The number of sulfonamides is 1. The Labute approximate surface area is 136 Å². The van der Waals surface area contributed by atoms with Crippen LogP contribution >= 0.6 is 15.9 Å². The Bertz CT molecular complexity index is 556. The van der Waals surface area contributed by atoms with Crippen LogP contribution in [-0.2, 0) is 10.0 Å². The lowest BCUT2D eigenvalue weighted by Crippen LogP contribution is -2.35. The second-order valence-electron chi connectivity index (χ2n) is 4.93. The van der Waals surface area contributed by atoms with Crippen molar-refractivity contribution in [3.8, 4) is 5.75 Å². The van der Waals surface area contributed by atoms with E-state index in [1.165, 1.54) is 0 Å². The molecule has 21 heavy (non-hydrogen) atoms. The van der Waals surface area contributed by atoms with Crippen LogP contribution in [0.2, 0.25) is 0 Å². The fourth-order valence-electron chi connectivity index (χ4n) is 2.19. The predicted molar refractivity (Wildman–Crippen MR) is 89.2 cm³/mol. The van der Waals surface area contributed by atoms with Gasteiger partial charge in [0.05, 0.1) is 16.5 Å². The van der Waals surface area contributed by atoms with E-state index in [1.54, 1.807) is 29.6 Å². The average molecular weight is 378 g/mol. The maximum atomic E-state index is 12.7. The summed E-state index contributed by atoms with van der Waals surface area (Å²) in [5, 5.41) is 0. The number of halogens is 1. The van der Waals surface area contributed by atoms with Gasteiger partial charge in [-0.15, -0.1) is 0 Å². The molecule has 6 heteroatoms. The molecular formula is C15H24BrNO3S. The third-order valence-electron chi connectivity index (χ3n) is 3.73. The summed E-state index contributed by atoms with van der Waals surface area (Å²) in [5.74, 6) is 1.01. The van der Waals surface area contributed by atoms with E-state index in [9.17, 15) is 8.42 Å². The standard InChI is InChI=1S/C15H24BrNO3S/c1-5-12(6-2)11-17(7-3)21(18,19)13-8-9-15(20-4)14(16)10-13/h8-10,12H,5-7,11H2,1-4H3. The maximum Gasteiger partial charge on any atom is 0.243 e. The van der Waals surface area contributed by atoms with Crippen molar-refractivity contribution in [2.45, 2.75) is 38.5 Å². The molecule has 0 fully saturated rings. The van der Waals surface area contributed by atoms with Crippen LogP contribution in [-0.4, -0.2) is 32.9 Å². The van der Waals surface area contributed by atoms with Crippen molar-refractivity contribution >= 4 is 26.0 Å². The maximum absolute atomic E-state index is 12.7. The van der Waals surface area contributed by atoms with Crippen LogP contribution < -0.4 is 4.74 Å². The van der Waals surface area contributed by atoms with Gasteiger partial charge in [-0.3, -0.25) is 0 Å². The summed E-state index contributed by atoms with van der Waals surface area (Å²) in [7, 11) is -1.91. The second kappa shape index (κ2) is 8.15. The largest absolute Gasteiger partial charge is 0.496 e. The number of hydrogen-bond acceptors (Lipinski definition) is 3. The zero-order valence-corrected chi connectivity index (χ0v) is 15.5. The van der Waals surface area contributed by atoms with Gasteiger partial charge in [-0.25, -0.2) is 8.42 Å². The van der Waals surface area contributed by atoms with Gasteiger partial charge in [-0.05, 0) is 40.0 Å². The van der Waals surface area contributed by atoms with E-state index in [4.69, 9.17) is 4.74 Å². The summed E-state index contributed by atoms with van der Waals surface area (Å²) in [4.78, 5) is 0.294. The fraction of sp³-hybridized carbons (Fsp3) is 0.600. The number of nitrogens with zero attached hydrogens (tertiary/aromatic N) is 1. The van der Waals surface area contributed by atoms with E-state index in [0.29, 0.717) is 34.1 Å². The normalized spacial score (nSPS) is 12.1. The molecule has 0 radical (unpaired) electrons. The van der Waals surface area contributed by atoms with Gasteiger partial charge in [0, 0.05) is 13.1 Å². The van der Waals surface area contributed by atoms with Gasteiger partial charge in [0.25, 0.3) is 0 Å². The van der Waals surface area contributed by atoms with Gasteiger partial charge >= 0.3 is 0 Å². The molecule has 0 aliphatic heterocycles. The molecule has 120 valence electrons. The lowest BCUT2D eigenvalue weighted by Gasteiger charge is -2.25. The smallest absolute Gasteiger partial charge is 0.243 e. The van der Waals surface area contributed by atoms with Crippen LogP contribution in [0.3, 0.4) is 0 Å². The first kappa shape index (κ1) is 18.5. The Hall–Kier alpha value is -0.590. The summed E-state index contributed by atoms with van der Waals surface area (Å²) in [5.41, 5.74) is 0. The molecule has 0 aliphatic rings. The molecule has 0 saturated carbocycles. The van der Waals surface area contributed by atoms with Gasteiger partial charge in [0.1, 0.15) is 5.75 Å². The van der Waals surface area contributed by atoms with Gasteiger partial charge < -0.3 is 4.74 Å². The Balaban J connectivity index is 3.09. The zero-order chi connectivity index (χ0) is 16.0. The summed E-state index contributed by atoms with van der Waals surface area (Å²) < 4.78 is 32.8. The van der Waals surface area contributed by atoms with Crippen molar-refractivity contribution < 1.29 is 13.2 Å². The van der Waals surface area contributed by atoms with Crippen molar-refractivity contribution in [2.24, 2.45) is 5.92 Å². The molecule has 0 aliphatic carbocycles. The molecule has 0 atom stereocenters. The lowest BCUT2D eigenvalue weighted by atomic mass is 10.0. The molecule has 4 nitrogen and oxygen atoms in total. The number of benzene rings is 1. The first-order valence-electron chi connectivity index (χ1n) is 7.24. The number of hydrogen-bond donors (Lipinski definition) is 0. The third kappa shape index (κ3) is 4.44. The minimum Gasteiger partial charge on any atom is -0.496 e.